The Balaban J connectivity index is 1.37. The third-order valence-corrected chi connectivity index (χ3v) is 7.66. The van der Waals surface area contributed by atoms with Gasteiger partial charge >= 0.3 is 0 Å². The van der Waals surface area contributed by atoms with E-state index in [4.69, 9.17) is 28.3 Å². The number of carbonyl (C=O) groups is 1. The number of nitrogens with zero attached hydrogens (tertiary/aromatic N) is 4. The van der Waals surface area contributed by atoms with Crippen LogP contribution in [-0.2, 0) is 9.53 Å². The van der Waals surface area contributed by atoms with Crippen molar-refractivity contribution in [3.63, 3.8) is 0 Å². The fraction of sp³-hybridized carbons (Fsp3) is 0.462. The van der Waals surface area contributed by atoms with Crippen LogP contribution in [0.2, 0.25) is 0 Å². The summed E-state index contributed by atoms with van der Waals surface area (Å²) >= 11 is 5.75. The lowest BCUT2D eigenvalue weighted by Gasteiger charge is -2.43. The largest absolute Gasteiger partial charge is 0.491 e. The van der Waals surface area contributed by atoms with Crippen LogP contribution in [-0.4, -0.2) is 41.4 Å². The van der Waals surface area contributed by atoms with E-state index in [9.17, 15) is 4.79 Å². The van der Waals surface area contributed by atoms with Crippen LogP contribution < -0.4 is 14.5 Å². The fourth-order valence-corrected chi connectivity index (χ4v) is 5.59. The molecule has 2 aromatic rings. The maximum Gasteiger partial charge on any atom is 0.272 e. The molecule has 182 valence electrons. The molecule has 1 amide bonds. The van der Waals surface area contributed by atoms with Crippen molar-refractivity contribution in [3.05, 3.63) is 53.3 Å². The number of anilines is 2. The van der Waals surface area contributed by atoms with Gasteiger partial charge < -0.3 is 19.2 Å². The van der Waals surface area contributed by atoms with E-state index in [0.29, 0.717) is 47.4 Å². The smallest absolute Gasteiger partial charge is 0.272 e. The Labute approximate surface area is 209 Å². The summed E-state index contributed by atoms with van der Waals surface area (Å²) in [6.45, 7) is 11.0. The molecule has 7 nitrogen and oxygen atoms in total. The first kappa shape index (κ1) is 23.6. The second-order valence-corrected chi connectivity index (χ2v) is 9.76. The number of rotatable bonds is 6. The average Bonchev–Trinajstić information content (AvgIpc) is 3.07. The number of benzene rings is 1. The van der Waals surface area contributed by atoms with Gasteiger partial charge in [-0.2, -0.15) is 0 Å². The summed E-state index contributed by atoms with van der Waals surface area (Å²) in [5.41, 5.74) is 0.901. The van der Waals surface area contributed by atoms with Gasteiger partial charge in [0, 0.05) is 25.0 Å². The van der Waals surface area contributed by atoms with Crippen molar-refractivity contribution >= 4 is 40.4 Å². The number of pyridine rings is 1. The van der Waals surface area contributed by atoms with E-state index in [-0.39, 0.29) is 17.5 Å². The normalized spacial score (nSPS) is 19.7. The second-order valence-electron chi connectivity index (χ2n) is 9.40. The van der Waals surface area contributed by atoms with Crippen LogP contribution in [0.4, 0.5) is 21.6 Å². The molecular formula is C26H27FN4O3S. The van der Waals surface area contributed by atoms with E-state index in [1.807, 2.05) is 0 Å². The standard InChI is InChI=1S/C26H27FN4O3S/c1-17-14-20(16-29-23(17)28-2)30-24(32)26(9-3-10-26)31(25(30)35)19-4-5-22(21(27)15-19)34-13-8-18-6-11-33-12-7-18/h4-5,14-16,18H,3,6-13H2,1H3. The molecule has 0 unspecified atom stereocenters. The van der Waals surface area contributed by atoms with Crippen molar-refractivity contribution in [1.29, 1.82) is 0 Å². The summed E-state index contributed by atoms with van der Waals surface area (Å²) in [7, 11) is 0. The van der Waals surface area contributed by atoms with Crippen molar-refractivity contribution in [2.24, 2.45) is 5.92 Å². The first-order valence-corrected chi connectivity index (χ1v) is 12.4. The van der Waals surface area contributed by atoms with Gasteiger partial charge in [-0.15, -0.1) is 4.98 Å². The van der Waals surface area contributed by atoms with Crippen LogP contribution >= 0.6 is 12.2 Å². The number of ether oxygens (including phenoxy) is 2. The van der Waals surface area contributed by atoms with Gasteiger partial charge in [0.05, 0.1) is 12.3 Å². The minimum atomic E-state index is -0.818. The lowest BCUT2D eigenvalue weighted by Crippen LogP contribution is -2.55. The number of aryl methyl sites for hydroxylation is 1. The molecule has 3 aliphatic rings. The number of thiocarbonyl (C=S) groups is 1. The van der Waals surface area contributed by atoms with Crippen LogP contribution in [0.15, 0.2) is 30.5 Å². The highest BCUT2D eigenvalue weighted by molar-refractivity contribution is 7.81. The molecular weight excluding hydrogens is 467 g/mol. The van der Waals surface area contributed by atoms with Gasteiger partial charge in [-0.3, -0.25) is 9.69 Å². The molecule has 1 aliphatic carbocycles. The highest BCUT2D eigenvalue weighted by Gasteiger charge is 2.59. The summed E-state index contributed by atoms with van der Waals surface area (Å²) < 4.78 is 26.2. The Morgan fingerprint density at radius 3 is 2.69 bits per heavy atom. The van der Waals surface area contributed by atoms with Crippen molar-refractivity contribution in [2.75, 3.05) is 29.6 Å². The van der Waals surface area contributed by atoms with Gasteiger partial charge in [0.25, 0.3) is 11.7 Å². The zero-order valence-electron chi connectivity index (χ0n) is 19.6. The molecule has 2 saturated heterocycles. The molecule has 9 heteroatoms. The fourth-order valence-electron chi connectivity index (χ4n) is 5.12. The summed E-state index contributed by atoms with van der Waals surface area (Å²) in [6.07, 6.45) is 6.56. The van der Waals surface area contributed by atoms with Crippen molar-refractivity contribution in [1.82, 2.24) is 4.98 Å². The number of aromatic nitrogens is 1. The summed E-state index contributed by atoms with van der Waals surface area (Å²) in [5.74, 6) is 0.423. The number of hydrogen-bond acceptors (Lipinski definition) is 5. The summed E-state index contributed by atoms with van der Waals surface area (Å²) in [4.78, 5) is 24.4. The monoisotopic (exact) mass is 494 g/mol. The highest BCUT2D eigenvalue weighted by atomic mass is 32.1. The maximum atomic E-state index is 15.1. The zero-order chi connectivity index (χ0) is 24.6. The third-order valence-electron chi connectivity index (χ3n) is 7.29. The Morgan fingerprint density at radius 2 is 2.06 bits per heavy atom. The molecule has 0 N–H and O–H groups in total. The van der Waals surface area contributed by atoms with Gasteiger partial charge in [0.1, 0.15) is 11.7 Å². The lowest BCUT2D eigenvalue weighted by atomic mass is 9.75. The highest BCUT2D eigenvalue weighted by Crippen LogP contribution is 2.48. The molecule has 35 heavy (non-hydrogen) atoms. The molecule has 0 atom stereocenters. The lowest BCUT2D eigenvalue weighted by molar-refractivity contribution is -0.123. The van der Waals surface area contributed by atoms with Crippen LogP contribution in [0.3, 0.4) is 0 Å². The molecule has 1 spiro atoms. The Bertz CT molecular complexity index is 1200. The Hall–Kier alpha value is -3.09. The first-order chi connectivity index (χ1) is 16.9. The van der Waals surface area contributed by atoms with E-state index in [1.165, 1.54) is 17.2 Å². The van der Waals surface area contributed by atoms with Crippen LogP contribution in [0.25, 0.3) is 4.85 Å². The van der Waals surface area contributed by atoms with E-state index in [2.05, 4.69) is 9.83 Å². The van der Waals surface area contributed by atoms with Crippen molar-refractivity contribution in [2.45, 2.75) is 51.0 Å². The Kier molecular flexibility index (Phi) is 6.43. The minimum absolute atomic E-state index is 0.136. The topological polar surface area (TPSA) is 59.3 Å². The maximum absolute atomic E-state index is 15.1. The zero-order valence-corrected chi connectivity index (χ0v) is 20.4. The quantitative estimate of drug-likeness (QED) is 0.399. The average molecular weight is 495 g/mol. The molecule has 5 rings (SSSR count). The van der Waals surface area contributed by atoms with E-state index >= 15 is 4.39 Å². The van der Waals surface area contributed by atoms with Gasteiger partial charge in [-0.1, -0.05) is 6.57 Å². The van der Waals surface area contributed by atoms with Gasteiger partial charge in [-0.25, -0.2) is 4.39 Å². The predicted octanol–water partition coefficient (Wildman–Crippen LogP) is 5.34. The third kappa shape index (κ3) is 4.15. The molecule has 1 aromatic heterocycles. The number of carbonyl (C=O) groups excluding carboxylic acids is 1. The van der Waals surface area contributed by atoms with Crippen molar-refractivity contribution < 1.29 is 18.7 Å². The Morgan fingerprint density at radius 1 is 1.29 bits per heavy atom. The van der Waals surface area contributed by atoms with E-state index in [1.54, 1.807) is 30.0 Å². The number of hydrogen-bond donors (Lipinski definition) is 0. The van der Waals surface area contributed by atoms with Gasteiger partial charge in [0.2, 0.25) is 0 Å². The second kappa shape index (κ2) is 9.51. The molecule has 0 radical (unpaired) electrons. The first-order valence-electron chi connectivity index (χ1n) is 12.0. The molecule has 1 aromatic carbocycles. The summed E-state index contributed by atoms with van der Waals surface area (Å²) in [6, 6.07) is 6.53. The molecule has 1 saturated carbocycles. The molecule has 3 heterocycles. The van der Waals surface area contributed by atoms with Gasteiger partial charge in [-0.05, 0) is 87.3 Å². The van der Waals surface area contributed by atoms with Crippen LogP contribution in [0, 0.1) is 25.2 Å². The summed E-state index contributed by atoms with van der Waals surface area (Å²) in [5, 5.41) is 0.291. The minimum Gasteiger partial charge on any atom is -0.491 e. The van der Waals surface area contributed by atoms with Crippen LogP contribution in [0.5, 0.6) is 5.75 Å². The molecule has 3 fully saturated rings. The van der Waals surface area contributed by atoms with E-state index in [0.717, 1.165) is 38.9 Å². The SMILES string of the molecule is [C-]#[N+]c1ncc(N2C(=O)C3(CCC3)N(c3ccc(OCCC4CCOCC4)c(F)c3)C2=S)cc1C. The predicted molar refractivity (Wildman–Crippen MR) is 134 cm³/mol. The van der Waals surface area contributed by atoms with E-state index < -0.39 is 11.4 Å². The molecule has 2 aliphatic heterocycles. The van der Waals surface area contributed by atoms with Crippen LogP contribution in [0.1, 0.15) is 44.1 Å². The molecule has 0 bridgehead atoms. The van der Waals surface area contributed by atoms with Crippen molar-refractivity contribution in [3.8, 4) is 5.75 Å². The van der Waals surface area contributed by atoms with Gasteiger partial charge in [0.15, 0.2) is 16.7 Å². The number of amides is 1. The number of halogens is 1.